The molecule has 156 valence electrons. The van der Waals surface area contributed by atoms with E-state index in [4.69, 9.17) is 14.2 Å². The van der Waals surface area contributed by atoms with E-state index < -0.39 is 0 Å². The van der Waals surface area contributed by atoms with Crippen molar-refractivity contribution in [2.24, 2.45) is 0 Å². The maximum atomic E-state index is 12.8. The van der Waals surface area contributed by atoms with Crippen LogP contribution in [0.4, 0.5) is 0 Å². The quantitative estimate of drug-likeness (QED) is 0.282. The first kappa shape index (κ1) is 21.7. The molecule has 0 amide bonds. The Balaban J connectivity index is 1.93. The number of aryl methyl sites for hydroxylation is 1. The summed E-state index contributed by atoms with van der Waals surface area (Å²) in [5.41, 5.74) is 3.04. The number of allylic oxidation sites excluding steroid dienone is 1. The molecular formula is C26H23NO4. The molecule has 0 aliphatic heterocycles. The second-order valence-corrected chi connectivity index (χ2v) is 6.90. The highest BCUT2D eigenvalue weighted by molar-refractivity contribution is 6.14. The van der Waals surface area contributed by atoms with Gasteiger partial charge in [-0.15, -0.1) is 0 Å². The molecule has 0 unspecified atom stereocenters. The normalized spacial score (nSPS) is 10.8. The Morgan fingerprint density at radius 1 is 0.968 bits per heavy atom. The predicted molar refractivity (Wildman–Crippen MR) is 119 cm³/mol. The van der Waals surface area contributed by atoms with E-state index in [9.17, 15) is 10.1 Å². The summed E-state index contributed by atoms with van der Waals surface area (Å²) < 4.78 is 16.9. The molecule has 31 heavy (non-hydrogen) atoms. The van der Waals surface area contributed by atoms with Crippen molar-refractivity contribution in [2.45, 2.75) is 13.5 Å². The Labute approximate surface area is 182 Å². The van der Waals surface area contributed by atoms with Gasteiger partial charge < -0.3 is 14.2 Å². The van der Waals surface area contributed by atoms with Gasteiger partial charge in [-0.25, -0.2) is 0 Å². The third kappa shape index (κ3) is 5.31. The fraction of sp³-hybridized carbons (Fsp3) is 0.154. The SMILES string of the molecule is COc1cc(/C=C(\C#N)C(=O)c2cccc(C)c2)cc(OC)c1OCc1ccccc1. The first-order valence-corrected chi connectivity index (χ1v) is 9.71. The van der Waals surface area contributed by atoms with Crippen LogP contribution in [-0.2, 0) is 6.61 Å². The molecule has 0 aromatic heterocycles. The molecule has 3 aromatic rings. The van der Waals surface area contributed by atoms with Gasteiger partial charge in [0, 0.05) is 5.56 Å². The largest absolute Gasteiger partial charge is 0.493 e. The maximum absolute atomic E-state index is 12.8. The number of ketones is 1. The zero-order valence-electron chi connectivity index (χ0n) is 17.7. The number of hydrogen-bond donors (Lipinski definition) is 0. The highest BCUT2D eigenvalue weighted by atomic mass is 16.5. The topological polar surface area (TPSA) is 68.5 Å². The Morgan fingerprint density at radius 2 is 1.65 bits per heavy atom. The van der Waals surface area contributed by atoms with Crippen LogP contribution in [0.3, 0.4) is 0 Å². The van der Waals surface area contributed by atoms with Crippen molar-refractivity contribution in [3.63, 3.8) is 0 Å². The van der Waals surface area contributed by atoms with Gasteiger partial charge in [-0.2, -0.15) is 5.26 Å². The van der Waals surface area contributed by atoms with Gasteiger partial charge in [-0.05, 0) is 42.3 Å². The predicted octanol–water partition coefficient (Wildman–Crippen LogP) is 5.38. The van der Waals surface area contributed by atoms with Crippen LogP contribution in [0.15, 0.2) is 72.3 Å². The Hall–Kier alpha value is -4.04. The Morgan fingerprint density at radius 3 is 2.23 bits per heavy atom. The van der Waals surface area contributed by atoms with Crippen LogP contribution >= 0.6 is 0 Å². The van der Waals surface area contributed by atoms with E-state index in [1.54, 1.807) is 30.3 Å². The van der Waals surface area contributed by atoms with Crippen LogP contribution in [-0.4, -0.2) is 20.0 Å². The summed E-state index contributed by atoms with van der Waals surface area (Å²) in [6.45, 7) is 2.24. The second kappa shape index (κ2) is 10.1. The van der Waals surface area contributed by atoms with Crippen LogP contribution in [0, 0.1) is 18.3 Å². The molecule has 3 aromatic carbocycles. The standard InChI is InChI=1S/C26H23NO4/c1-18-8-7-11-21(12-18)25(28)22(16-27)13-20-14-23(29-2)26(24(15-20)30-3)31-17-19-9-5-4-6-10-19/h4-15H,17H2,1-3H3/b22-13+. The van der Waals surface area contributed by atoms with Crippen LogP contribution in [0.25, 0.3) is 6.08 Å². The lowest BCUT2D eigenvalue weighted by Gasteiger charge is -2.15. The first-order valence-electron chi connectivity index (χ1n) is 9.71. The lowest BCUT2D eigenvalue weighted by Crippen LogP contribution is -2.03. The Kier molecular flexibility index (Phi) is 7.08. The smallest absolute Gasteiger partial charge is 0.203 e. The van der Waals surface area contributed by atoms with Gasteiger partial charge in [0.15, 0.2) is 11.5 Å². The fourth-order valence-electron chi connectivity index (χ4n) is 3.11. The number of benzene rings is 3. The second-order valence-electron chi connectivity index (χ2n) is 6.90. The van der Waals surface area contributed by atoms with Crippen molar-refractivity contribution >= 4 is 11.9 Å². The van der Waals surface area contributed by atoms with Gasteiger partial charge in [0.2, 0.25) is 11.5 Å². The molecule has 0 fully saturated rings. The highest BCUT2D eigenvalue weighted by Crippen LogP contribution is 2.39. The van der Waals surface area contributed by atoms with Crippen molar-refractivity contribution < 1.29 is 19.0 Å². The number of ether oxygens (including phenoxy) is 3. The average Bonchev–Trinajstić information content (AvgIpc) is 2.81. The van der Waals surface area contributed by atoms with E-state index in [1.807, 2.05) is 49.4 Å². The number of nitriles is 1. The number of nitrogens with zero attached hydrogens (tertiary/aromatic N) is 1. The van der Waals surface area contributed by atoms with Gasteiger partial charge in [0.05, 0.1) is 14.2 Å². The molecule has 0 heterocycles. The van der Waals surface area contributed by atoms with Gasteiger partial charge >= 0.3 is 0 Å². The molecule has 5 heteroatoms. The van der Waals surface area contributed by atoms with Crippen molar-refractivity contribution in [1.82, 2.24) is 0 Å². The lowest BCUT2D eigenvalue weighted by atomic mass is 10.0. The summed E-state index contributed by atoms with van der Waals surface area (Å²) >= 11 is 0. The zero-order chi connectivity index (χ0) is 22.2. The number of rotatable bonds is 8. The molecule has 3 rings (SSSR count). The van der Waals surface area contributed by atoms with Gasteiger partial charge in [0.1, 0.15) is 18.2 Å². The molecular weight excluding hydrogens is 390 g/mol. The number of Topliss-reactive ketones (excluding diaryl/α,β-unsaturated/α-hetero) is 1. The summed E-state index contributed by atoms with van der Waals surface area (Å²) in [7, 11) is 3.06. The third-order valence-electron chi connectivity index (χ3n) is 4.67. The molecule has 0 radical (unpaired) electrons. The zero-order valence-corrected chi connectivity index (χ0v) is 17.7. The lowest BCUT2D eigenvalue weighted by molar-refractivity contribution is 0.104. The van der Waals surface area contributed by atoms with Crippen molar-refractivity contribution in [3.05, 3.63) is 94.6 Å². The monoisotopic (exact) mass is 413 g/mol. The van der Waals surface area contributed by atoms with E-state index in [0.29, 0.717) is 35.0 Å². The maximum Gasteiger partial charge on any atom is 0.203 e. The molecule has 0 aliphatic rings. The summed E-state index contributed by atoms with van der Waals surface area (Å²) in [4.78, 5) is 12.8. The van der Waals surface area contributed by atoms with E-state index in [2.05, 4.69) is 0 Å². The van der Waals surface area contributed by atoms with Crippen molar-refractivity contribution in [2.75, 3.05) is 14.2 Å². The number of carbonyl (C=O) groups excluding carboxylic acids is 1. The average molecular weight is 413 g/mol. The van der Waals surface area contributed by atoms with Gasteiger partial charge in [-0.3, -0.25) is 4.79 Å². The molecule has 0 aliphatic carbocycles. The molecule has 0 spiro atoms. The number of methoxy groups -OCH3 is 2. The highest BCUT2D eigenvalue weighted by Gasteiger charge is 2.17. The van der Waals surface area contributed by atoms with Gasteiger partial charge in [-0.1, -0.05) is 54.1 Å². The van der Waals surface area contributed by atoms with E-state index >= 15 is 0 Å². The molecule has 0 N–H and O–H groups in total. The van der Waals surface area contributed by atoms with Crippen LogP contribution < -0.4 is 14.2 Å². The molecule has 0 saturated carbocycles. The minimum absolute atomic E-state index is 0.0210. The fourth-order valence-corrected chi connectivity index (χ4v) is 3.11. The Bertz CT molecular complexity index is 1120. The van der Waals surface area contributed by atoms with E-state index in [-0.39, 0.29) is 11.4 Å². The molecule has 0 saturated heterocycles. The molecule has 5 nitrogen and oxygen atoms in total. The van der Waals surface area contributed by atoms with Crippen LogP contribution in [0.2, 0.25) is 0 Å². The summed E-state index contributed by atoms with van der Waals surface area (Å²) in [5.74, 6) is 1.01. The van der Waals surface area contributed by atoms with Crippen LogP contribution in [0.1, 0.15) is 27.0 Å². The van der Waals surface area contributed by atoms with Gasteiger partial charge in [0.25, 0.3) is 0 Å². The summed E-state index contributed by atoms with van der Waals surface area (Å²) in [5, 5.41) is 9.58. The molecule has 0 atom stereocenters. The molecule has 0 bridgehead atoms. The minimum Gasteiger partial charge on any atom is -0.493 e. The van der Waals surface area contributed by atoms with E-state index in [0.717, 1.165) is 11.1 Å². The van der Waals surface area contributed by atoms with Crippen LogP contribution in [0.5, 0.6) is 17.2 Å². The minimum atomic E-state index is -0.339. The summed E-state index contributed by atoms with van der Waals surface area (Å²) in [6, 6.07) is 22.3. The van der Waals surface area contributed by atoms with Crippen molar-refractivity contribution in [1.29, 1.82) is 5.26 Å². The number of hydrogen-bond acceptors (Lipinski definition) is 5. The van der Waals surface area contributed by atoms with Crippen molar-refractivity contribution in [3.8, 4) is 23.3 Å². The summed E-state index contributed by atoms with van der Waals surface area (Å²) in [6.07, 6.45) is 1.52. The van der Waals surface area contributed by atoms with E-state index in [1.165, 1.54) is 20.3 Å². The number of carbonyl (C=O) groups is 1. The third-order valence-corrected chi connectivity index (χ3v) is 4.67. The first-order chi connectivity index (χ1) is 15.0.